The number of hydrogen-bond donors (Lipinski definition) is 4. The molecule has 0 bridgehead atoms. The molecule has 5 rings (SSSR count). The van der Waals surface area contributed by atoms with Crippen molar-refractivity contribution in [3.8, 4) is 17.6 Å². The Bertz CT molecular complexity index is 1500. The number of aliphatic hydroxyl groups is 1. The number of benzene rings is 1. The van der Waals surface area contributed by atoms with E-state index in [1.54, 1.807) is 30.3 Å². The van der Waals surface area contributed by atoms with Crippen molar-refractivity contribution < 1.29 is 27.8 Å². The highest BCUT2D eigenvalue weighted by Crippen LogP contribution is 2.52. The number of carbonyl (C=O) groups excluding carboxylic acids is 1. The maximum Gasteiger partial charge on any atom is 0.446 e. The van der Waals surface area contributed by atoms with Crippen molar-refractivity contribution in [3.05, 3.63) is 47.7 Å². The van der Waals surface area contributed by atoms with Crippen LogP contribution in [0.1, 0.15) is 28.9 Å². The summed E-state index contributed by atoms with van der Waals surface area (Å²) in [5.41, 5.74) is -3.35. The van der Waals surface area contributed by atoms with E-state index < -0.39 is 5.51 Å². The second-order valence-electron chi connectivity index (χ2n) is 10.0. The Morgan fingerprint density at radius 2 is 2.15 bits per heavy atom. The van der Waals surface area contributed by atoms with Crippen molar-refractivity contribution in [3.63, 3.8) is 0 Å². The smallest absolute Gasteiger partial charge is 0.446 e. The van der Waals surface area contributed by atoms with Gasteiger partial charge in [0.15, 0.2) is 0 Å². The van der Waals surface area contributed by atoms with E-state index in [0.29, 0.717) is 40.8 Å². The molecule has 1 amide bonds. The monoisotopic (exact) mass is 588 g/mol. The number of methoxy groups -OCH3 is 1. The van der Waals surface area contributed by atoms with E-state index in [9.17, 15) is 23.1 Å². The molecule has 1 aliphatic carbocycles. The number of halogens is 3. The lowest BCUT2D eigenvalue weighted by molar-refractivity contribution is -0.0327. The van der Waals surface area contributed by atoms with Crippen LogP contribution >= 0.6 is 11.8 Å². The highest BCUT2D eigenvalue weighted by Gasteiger charge is 2.56. The molecular formula is C28H31F3N6O3S. The van der Waals surface area contributed by atoms with Gasteiger partial charge in [-0.05, 0) is 66.8 Å². The average Bonchev–Trinajstić information content (AvgIpc) is 3.55. The van der Waals surface area contributed by atoms with Crippen LogP contribution in [0, 0.1) is 17.8 Å². The fourth-order valence-electron chi connectivity index (χ4n) is 5.34. The molecule has 4 N–H and O–H groups in total. The molecule has 9 nitrogen and oxygen atoms in total. The van der Waals surface area contributed by atoms with Gasteiger partial charge in [-0.2, -0.15) is 18.3 Å². The van der Waals surface area contributed by atoms with Crippen molar-refractivity contribution in [2.45, 2.75) is 28.8 Å². The number of aliphatic hydroxyl groups excluding tert-OH is 1. The van der Waals surface area contributed by atoms with Crippen molar-refractivity contribution in [1.29, 1.82) is 0 Å². The van der Waals surface area contributed by atoms with Gasteiger partial charge in [0.05, 0.1) is 36.4 Å². The molecule has 2 aliphatic rings. The number of fused-ring (bicyclic) bond motifs is 2. The number of pyridine rings is 1. The summed E-state index contributed by atoms with van der Waals surface area (Å²) < 4.78 is 47.6. The summed E-state index contributed by atoms with van der Waals surface area (Å²) in [6.07, 6.45) is 1.84. The van der Waals surface area contributed by atoms with Gasteiger partial charge in [0.25, 0.3) is 5.91 Å². The van der Waals surface area contributed by atoms with Crippen LogP contribution in [0.4, 0.5) is 24.7 Å². The number of carbonyl (C=O) groups is 1. The van der Waals surface area contributed by atoms with E-state index in [4.69, 9.17) is 4.74 Å². The maximum absolute atomic E-state index is 13.6. The van der Waals surface area contributed by atoms with E-state index in [1.807, 2.05) is 6.07 Å². The van der Waals surface area contributed by atoms with E-state index in [-0.39, 0.29) is 46.9 Å². The first-order valence-electron chi connectivity index (χ1n) is 13.2. The van der Waals surface area contributed by atoms with Crippen molar-refractivity contribution in [1.82, 2.24) is 19.8 Å². The normalized spacial score (nSPS) is 20.1. The molecule has 2 aromatic heterocycles. The summed E-state index contributed by atoms with van der Waals surface area (Å²) in [6.45, 7) is 2.56. The molecule has 41 heavy (non-hydrogen) atoms. The molecule has 0 spiro atoms. The van der Waals surface area contributed by atoms with Gasteiger partial charge < -0.3 is 30.7 Å². The van der Waals surface area contributed by atoms with Gasteiger partial charge in [-0.1, -0.05) is 12.0 Å². The van der Waals surface area contributed by atoms with Crippen molar-refractivity contribution >= 4 is 34.7 Å². The van der Waals surface area contributed by atoms with Crippen LogP contribution in [-0.4, -0.2) is 83.5 Å². The lowest BCUT2D eigenvalue weighted by Crippen LogP contribution is -2.42. The highest BCUT2D eigenvalue weighted by atomic mass is 32.2. The van der Waals surface area contributed by atoms with Gasteiger partial charge in [0, 0.05) is 37.8 Å². The van der Waals surface area contributed by atoms with Gasteiger partial charge in [0.2, 0.25) is 0 Å². The van der Waals surface area contributed by atoms with Crippen molar-refractivity contribution in [2.24, 2.45) is 5.92 Å². The number of ether oxygens (including phenoxy) is 1. The van der Waals surface area contributed by atoms with Crippen LogP contribution in [0.15, 0.2) is 41.3 Å². The standard InChI is InChI=1S/C28H31F3N6O3S/c1-32-26(39)18-8-9-23(40-2)21(15-18)33-11-4-5-20-25(41-28(29,30)31)22-6-3-7-24(37(22)35-20)34-27-10-12-36(13-14-38)17-19(27)16-27/h3,6-9,15,19,33-34,38H,10-14,16-17H2,1-2H3,(H,32,39). The minimum Gasteiger partial charge on any atom is -0.495 e. The third-order valence-electron chi connectivity index (χ3n) is 7.47. The average molecular weight is 589 g/mol. The Labute approximate surface area is 239 Å². The first-order valence-corrected chi connectivity index (χ1v) is 14.0. The molecule has 2 unspecified atom stereocenters. The number of piperidine rings is 1. The Kier molecular flexibility index (Phi) is 8.26. The Morgan fingerprint density at radius 1 is 1.32 bits per heavy atom. The second kappa shape index (κ2) is 11.7. The number of nitrogens with zero attached hydrogens (tertiary/aromatic N) is 3. The van der Waals surface area contributed by atoms with E-state index >= 15 is 0 Å². The summed E-state index contributed by atoms with van der Waals surface area (Å²) in [6, 6.07) is 10.0. The van der Waals surface area contributed by atoms with Crippen LogP contribution in [0.5, 0.6) is 5.75 Å². The lowest BCUT2D eigenvalue weighted by Gasteiger charge is -2.32. The molecule has 1 saturated heterocycles. The summed E-state index contributed by atoms with van der Waals surface area (Å²) in [5, 5.41) is 23.0. The zero-order chi connectivity index (χ0) is 29.2. The van der Waals surface area contributed by atoms with Gasteiger partial charge in [0.1, 0.15) is 17.3 Å². The maximum atomic E-state index is 13.6. The fraction of sp³-hybridized carbons (Fsp3) is 0.429. The van der Waals surface area contributed by atoms with Crippen LogP contribution in [0.2, 0.25) is 0 Å². The summed E-state index contributed by atoms with van der Waals surface area (Å²) in [4.78, 5) is 14.2. The van der Waals surface area contributed by atoms with Crippen LogP contribution in [0.25, 0.3) is 5.52 Å². The number of likely N-dealkylation sites (tertiary alicyclic amines) is 1. The minimum atomic E-state index is -4.52. The molecular weight excluding hydrogens is 557 g/mol. The molecule has 1 aliphatic heterocycles. The second-order valence-corrected chi connectivity index (χ2v) is 11.1. The Hall–Kier alpha value is -3.60. The summed E-state index contributed by atoms with van der Waals surface area (Å²) in [7, 11) is 3.03. The van der Waals surface area contributed by atoms with Gasteiger partial charge in [-0.3, -0.25) is 4.79 Å². The zero-order valence-electron chi connectivity index (χ0n) is 22.6. The molecule has 3 aromatic rings. The minimum absolute atomic E-state index is 0.0251. The van der Waals surface area contributed by atoms with E-state index in [2.05, 4.69) is 37.8 Å². The quantitative estimate of drug-likeness (QED) is 0.222. The lowest BCUT2D eigenvalue weighted by atomic mass is 10.0. The number of nitrogens with one attached hydrogen (secondary N) is 3. The first-order chi connectivity index (χ1) is 19.7. The summed E-state index contributed by atoms with van der Waals surface area (Å²) >= 11 is -0.227. The third kappa shape index (κ3) is 6.34. The fourth-order valence-corrected chi connectivity index (χ4v) is 6.02. The summed E-state index contributed by atoms with van der Waals surface area (Å²) in [5.74, 6) is 6.93. The van der Waals surface area contributed by atoms with Crippen LogP contribution in [0.3, 0.4) is 0 Å². The number of rotatable bonds is 9. The SMILES string of the molecule is CNC(=O)c1ccc(OC)c(NCC#Cc2nn3c(NC45CCN(CCO)CC4C5)cccc3c2SC(F)(F)F)c1. The number of hydrogen-bond acceptors (Lipinski definition) is 8. The molecule has 13 heteroatoms. The number of alkyl halides is 3. The van der Waals surface area contributed by atoms with Crippen LogP contribution in [-0.2, 0) is 0 Å². The van der Waals surface area contributed by atoms with Crippen molar-refractivity contribution in [2.75, 3.05) is 57.6 Å². The number of anilines is 2. The molecule has 2 fully saturated rings. The van der Waals surface area contributed by atoms with Crippen LogP contribution < -0.4 is 20.7 Å². The molecule has 1 aromatic carbocycles. The number of thioether (sulfide) groups is 1. The van der Waals surface area contributed by atoms with E-state index in [1.165, 1.54) is 18.7 Å². The molecule has 1 saturated carbocycles. The zero-order valence-corrected chi connectivity index (χ0v) is 23.5. The molecule has 218 valence electrons. The first kappa shape index (κ1) is 28.9. The topological polar surface area (TPSA) is 103 Å². The number of amides is 1. The molecule has 3 heterocycles. The largest absolute Gasteiger partial charge is 0.495 e. The predicted molar refractivity (Wildman–Crippen MR) is 151 cm³/mol. The van der Waals surface area contributed by atoms with Gasteiger partial charge in [-0.25, -0.2) is 4.52 Å². The highest BCUT2D eigenvalue weighted by molar-refractivity contribution is 8.00. The molecule has 0 radical (unpaired) electrons. The number of aromatic nitrogens is 2. The predicted octanol–water partition coefficient (Wildman–Crippen LogP) is 3.65. The third-order valence-corrected chi connectivity index (χ3v) is 8.31. The number of β-amino-alcohol motifs (C(OH)–C–C–N with tert-alkyl or cyclic N) is 1. The molecule has 2 atom stereocenters. The van der Waals surface area contributed by atoms with Gasteiger partial charge >= 0.3 is 5.51 Å². The van der Waals surface area contributed by atoms with Gasteiger partial charge in [-0.15, -0.1) is 0 Å². The Balaban J connectivity index is 1.39. The Morgan fingerprint density at radius 3 is 2.85 bits per heavy atom. The van der Waals surface area contributed by atoms with E-state index in [0.717, 1.165) is 25.9 Å².